The summed E-state index contributed by atoms with van der Waals surface area (Å²) in [7, 11) is 0. The number of nitrogens with one attached hydrogen (secondary N) is 1. The number of carbonyl (C=O) groups excluding carboxylic acids is 1. The molecule has 1 atom stereocenters. The van der Waals surface area contributed by atoms with Crippen LogP contribution in [0.3, 0.4) is 0 Å². The van der Waals surface area contributed by atoms with Crippen LogP contribution in [0.25, 0.3) is 0 Å². The lowest BCUT2D eigenvalue weighted by Gasteiger charge is -2.23. The van der Waals surface area contributed by atoms with E-state index >= 15 is 0 Å². The standard InChI is InChI=1S/C21H27N3OS/c25-21(18-10-6-14-24(18)15-16-7-2-1-3-8-16)22-13-12-20-23-17-9-4-5-11-19(17)26-20/h1-3,7-8,18H,4-6,9-15H2,(H,22,25)/t18-/m0/s1. The fourth-order valence-corrected chi connectivity index (χ4v) is 5.21. The van der Waals surface area contributed by atoms with Crippen molar-refractivity contribution in [3.05, 3.63) is 51.5 Å². The lowest BCUT2D eigenvalue weighted by molar-refractivity contribution is -0.125. The molecule has 5 heteroatoms. The van der Waals surface area contributed by atoms with Crippen LogP contribution in [0.2, 0.25) is 0 Å². The van der Waals surface area contributed by atoms with Crippen LogP contribution in [-0.4, -0.2) is 34.9 Å². The molecule has 0 saturated carbocycles. The maximum atomic E-state index is 12.7. The first-order valence-electron chi connectivity index (χ1n) is 9.83. The van der Waals surface area contributed by atoms with Gasteiger partial charge in [-0.1, -0.05) is 30.3 Å². The number of aryl methyl sites for hydroxylation is 2. The number of likely N-dealkylation sites (tertiary alicyclic amines) is 1. The summed E-state index contributed by atoms with van der Waals surface area (Å²) in [5, 5.41) is 4.34. The van der Waals surface area contributed by atoms with Crippen LogP contribution in [0.15, 0.2) is 30.3 Å². The predicted molar refractivity (Wildman–Crippen MR) is 105 cm³/mol. The van der Waals surface area contributed by atoms with Gasteiger partial charge in [-0.3, -0.25) is 9.69 Å². The topological polar surface area (TPSA) is 45.2 Å². The molecule has 2 aliphatic rings. The van der Waals surface area contributed by atoms with E-state index in [9.17, 15) is 4.79 Å². The number of amides is 1. The fraction of sp³-hybridized carbons (Fsp3) is 0.524. The molecule has 1 aliphatic carbocycles. The van der Waals surface area contributed by atoms with Gasteiger partial charge < -0.3 is 5.32 Å². The molecule has 26 heavy (non-hydrogen) atoms. The Balaban J connectivity index is 1.28. The zero-order valence-corrected chi connectivity index (χ0v) is 16.1. The van der Waals surface area contributed by atoms with Crippen molar-refractivity contribution in [2.75, 3.05) is 13.1 Å². The van der Waals surface area contributed by atoms with Crippen LogP contribution in [0, 0.1) is 0 Å². The van der Waals surface area contributed by atoms with E-state index in [4.69, 9.17) is 4.98 Å². The molecule has 0 bridgehead atoms. The summed E-state index contributed by atoms with van der Waals surface area (Å²) in [6, 6.07) is 10.4. The Kier molecular flexibility index (Phi) is 5.65. The molecular formula is C21H27N3OS. The van der Waals surface area contributed by atoms with Crippen molar-refractivity contribution < 1.29 is 4.79 Å². The Morgan fingerprint density at radius 2 is 2.04 bits per heavy atom. The van der Waals surface area contributed by atoms with Crippen LogP contribution in [0.5, 0.6) is 0 Å². The SMILES string of the molecule is O=C(NCCc1nc2c(s1)CCCC2)[C@@H]1CCCN1Cc1ccccc1. The third-order valence-corrected chi connectivity index (χ3v) is 6.64. The number of hydrogen-bond donors (Lipinski definition) is 1. The van der Waals surface area contributed by atoms with E-state index in [1.807, 2.05) is 17.4 Å². The zero-order chi connectivity index (χ0) is 17.8. The highest BCUT2D eigenvalue weighted by atomic mass is 32.1. The average Bonchev–Trinajstić information content (AvgIpc) is 3.28. The molecule has 1 N–H and O–H groups in total. The van der Waals surface area contributed by atoms with Crippen molar-refractivity contribution in [2.45, 2.75) is 57.5 Å². The Morgan fingerprint density at radius 3 is 2.88 bits per heavy atom. The molecule has 1 fully saturated rings. The van der Waals surface area contributed by atoms with Gasteiger partial charge in [0.2, 0.25) is 5.91 Å². The number of carbonyl (C=O) groups is 1. The zero-order valence-electron chi connectivity index (χ0n) is 15.2. The van der Waals surface area contributed by atoms with E-state index in [1.54, 1.807) is 0 Å². The number of aromatic nitrogens is 1. The van der Waals surface area contributed by atoms with E-state index < -0.39 is 0 Å². The molecule has 1 aromatic heterocycles. The molecule has 1 aliphatic heterocycles. The van der Waals surface area contributed by atoms with Crippen molar-refractivity contribution in [3.8, 4) is 0 Å². The number of rotatable bonds is 6. The maximum absolute atomic E-state index is 12.7. The minimum atomic E-state index is 0.0136. The maximum Gasteiger partial charge on any atom is 0.237 e. The molecule has 0 spiro atoms. The van der Waals surface area contributed by atoms with Crippen molar-refractivity contribution in [1.82, 2.24) is 15.2 Å². The molecule has 1 aromatic carbocycles. The number of nitrogens with zero attached hydrogens (tertiary/aromatic N) is 2. The van der Waals surface area contributed by atoms with Gasteiger partial charge >= 0.3 is 0 Å². The summed E-state index contributed by atoms with van der Waals surface area (Å²) in [6.07, 6.45) is 7.81. The van der Waals surface area contributed by atoms with Gasteiger partial charge in [0.15, 0.2) is 0 Å². The molecule has 0 unspecified atom stereocenters. The van der Waals surface area contributed by atoms with Gasteiger partial charge in [0, 0.05) is 24.4 Å². The molecular weight excluding hydrogens is 342 g/mol. The summed E-state index contributed by atoms with van der Waals surface area (Å²) < 4.78 is 0. The van der Waals surface area contributed by atoms with Crippen LogP contribution in [-0.2, 0) is 30.6 Å². The van der Waals surface area contributed by atoms with Crippen LogP contribution in [0.4, 0.5) is 0 Å². The summed E-state index contributed by atoms with van der Waals surface area (Å²) >= 11 is 1.85. The minimum absolute atomic E-state index is 0.0136. The van der Waals surface area contributed by atoms with Gasteiger partial charge in [0.05, 0.1) is 16.7 Å². The van der Waals surface area contributed by atoms with Gasteiger partial charge in [0.1, 0.15) is 0 Å². The van der Waals surface area contributed by atoms with Crippen molar-refractivity contribution in [3.63, 3.8) is 0 Å². The van der Waals surface area contributed by atoms with E-state index in [0.717, 1.165) is 38.8 Å². The largest absolute Gasteiger partial charge is 0.354 e. The first kappa shape index (κ1) is 17.7. The monoisotopic (exact) mass is 369 g/mol. The fourth-order valence-electron chi connectivity index (χ4n) is 4.05. The quantitative estimate of drug-likeness (QED) is 0.849. The van der Waals surface area contributed by atoms with Gasteiger partial charge in [-0.25, -0.2) is 4.98 Å². The van der Waals surface area contributed by atoms with Crippen LogP contribution < -0.4 is 5.32 Å². The van der Waals surface area contributed by atoms with E-state index in [2.05, 4.69) is 34.5 Å². The number of fused-ring (bicyclic) bond motifs is 1. The summed E-state index contributed by atoms with van der Waals surface area (Å²) in [6.45, 7) is 2.56. The van der Waals surface area contributed by atoms with Gasteiger partial charge in [0.25, 0.3) is 0 Å². The molecule has 1 saturated heterocycles. The third kappa shape index (κ3) is 4.15. The smallest absolute Gasteiger partial charge is 0.237 e. The first-order valence-corrected chi connectivity index (χ1v) is 10.6. The first-order chi connectivity index (χ1) is 12.8. The predicted octanol–water partition coefficient (Wildman–Crippen LogP) is 3.35. The van der Waals surface area contributed by atoms with Gasteiger partial charge in [-0.05, 0) is 50.6 Å². The average molecular weight is 370 g/mol. The number of thiazole rings is 1. The Labute approximate surface area is 159 Å². The Morgan fingerprint density at radius 1 is 1.19 bits per heavy atom. The molecule has 4 nitrogen and oxygen atoms in total. The van der Waals surface area contributed by atoms with Crippen LogP contribution in [0.1, 0.15) is 46.8 Å². The second kappa shape index (κ2) is 8.31. The second-order valence-corrected chi connectivity index (χ2v) is 8.51. The van der Waals surface area contributed by atoms with Gasteiger partial charge in [-0.15, -0.1) is 11.3 Å². The number of benzene rings is 1. The summed E-state index contributed by atoms with van der Waals surface area (Å²) in [4.78, 5) is 21.2. The molecule has 138 valence electrons. The molecule has 2 heterocycles. The normalized spacial score (nSPS) is 20.1. The second-order valence-electron chi connectivity index (χ2n) is 7.34. The van der Waals surface area contributed by atoms with E-state index in [0.29, 0.717) is 6.54 Å². The van der Waals surface area contributed by atoms with Crippen molar-refractivity contribution in [2.24, 2.45) is 0 Å². The van der Waals surface area contributed by atoms with Crippen LogP contribution >= 0.6 is 11.3 Å². The van der Waals surface area contributed by atoms with E-state index in [1.165, 1.54) is 40.4 Å². The van der Waals surface area contributed by atoms with E-state index in [-0.39, 0.29) is 11.9 Å². The van der Waals surface area contributed by atoms with Crippen molar-refractivity contribution >= 4 is 17.2 Å². The van der Waals surface area contributed by atoms with Gasteiger partial charge in [-0.2, -0.15) is 0 Å². The molecule has 4 rings (SSSR count). The molecule has 0 radical (unpaired) electrons. The number of hydrogen-bond acceptors (Lipinski definition) is 4. The lowest BCUT2D eigenvalue weighted by atomic mass is 10.0. The molecule has 1 amide bonds. The lowest BCUT2D eigenvalue weighted by Crippen LogP contribution is -2.43. The van der Waals surface area contributed by atoms with Crippen molar-refractivity contribution in [1.29, 1.82) is 0 Å². The Bertz CT molecular complexity index is 719. The summed E-state index contributed by atoms with van der Waals surface area (Å²) in [5.74, 6) is 0.180. The molecule has 2 aromatic rings. The minimum Gasteiger partial charge on any atom is -0.354 e. The Hall–Kier alpha value is -1.72. The summed E-state index contributed by atoms with van der Waals surface area (Å²) in [5.41, 5.74) is 2.59. The highest BCUT2D eigenvalue weighted by Gasteiger charge is 2.30. The highest BCUT2D eigenvalue weighted by molar-refractivity contribution is 7.11. The highest BCUT2D eigenvalue weighted by Crippen LogP contribution is 2.26. The third-order valence-electron chi connectivity index (χ3n) is 5.42.